The molecular weight excluding hydrogens is 584 g/mol. The SMILES string of the molecule is COc1ccc([N+](=O)[O-])c(OC)c1I.O=[N+]([O-])c1ccc(F)c(I)c1F. The van der Waals surface area contributed by atoms with Crippen molar-refractivity contribution in [2.45, 2.75) is 0 Å². The van der Waals surface area contributed by atoms with E-state index in [-0.39, 0.29) is 15.0 Å². The van der Waals surface area contributed by atoms with Gasteiger partial charge in [0.25, 0.3) is 0 Å². The first-order valence-electron chi connectivity index (χ1n) is 6.48. The van der Waals surface area contributed by atoms with E-state index in [1.807, 2.05) is 22.6 Å². The smallest absolute Gasteiger partial charge is 0.312 e. The molecule has 2 aromatic carbocycles. The normalized spacial score (nSPS) is 9.77. The van der Waals surface area contributed by atoms with E-state index in [9.17, 15) is 29.0 Å². The van der Waals surface area contributed by atoms with Gasteiger partial charge in [0, 0.05) is 12.1 Å². The van der Waals surface area contributed by atoms with E-state index < -0.39 is 27.2 Å². The van der Waals surface area contributed by atoms with Gasteiger partial charge in [0.1, 0.15) is 15.1 Å². The predicted molar refractivity (Wildman–Crippen MR) is 105 cm³/mol. The molecule has 0 saturated heterocycles. The molecule has 0 unspecified atom stereocenters. The van der Waals surface area contributed by atoms with Crippen LogP contribution in [0.15, 0.2) is 24.3 Å². The van der Waals surface area contributed by atoms with Crippen LogP contribution in [0.1, 0.15) is 0 Å². The summed E-state index contributed by atoms with van der Waals surface area (Å²) in [5, 5.41) is 20.7. The Hall–Kier alpha value is -1.84. The first-order valence-corrected chi connectivity index (χ1v) is 8.64. The minimum atomic E-state index is -1.12. The molecule has 0 amide bonds. The Morgan fingerprint density at radius 2 is 1.42 bits per heavy atom. The van der Waals surface area contributed by atoms with Gasteiger partial charge >= 0.3 is 11.4 Å². The number of halogens is 4. The average Bonchev–Trinajstić information content (AvgIpc) is 2.59. The summed E-state index contributed by atoms with van der Waals surface area (Å²) < 4.78 is 35.6. The van der Waals surface area contributed by atoms with E-state index in [0.29, 0.717) is 9.32 Å². The fourth-order valence-electron chi connectivity index (χ4n) is 1.68. The van der Waals surface area contributed by atoms with Crippen molar-refractivity contribution in [3.8, 4) is 11.5 Å². The lowest BCUT2D eigenvalue weighted by atomic mass is 10.3. The summed E-state index contributed by atoms with van der Waals surface area (Å²) in [6.07, 6.45) is 0. The van der Waals surface area contributed by atoms with Crippen LogP contribution in [0.3, 0.4) is 0 Å². The van der Waals surface area contributed by atoms with Crippen molar-refractivity contribution >= 4 is 56.6 Å². The Bertz CT molecular complexity index is 851. The van der Waals surface area contributed by atoms with Crippen molar-refractivity contribution in [1.82, 2.24) is 0 Å². The topological polar surface area (TPSA) is 105 Å². The lowest BCUT2D eigenvalue weighted by Gasteiger charge is -2.07. The molecule has 12 heteroatoms. The summed E-state index contributed by atoms with van der Waals surface area (Å²) in [6.45, 7) is 0. The lowest BCUT2D eigenvalue weighted by molar-refractivity contribution is -0.387. The summed E-state index contributed by atoms with van der Waals surface area (Å²) in [6, 6.07) is 4.57. The highest BCUT2D eigenvalue weighted by atomic mass is 127. The Labute approximate surface area is 173 Å². The molecule has 2 rings (SSSR count). The molecule has 0 bridgehead atoms. The van der Waals surface area contributed by atoms with Crippen LogP contribution >= 0.6 is 45.2 Å². The maximum Gasteiger partial charge on any atom is 0.312 e. The first-order chi connectivity index (χ1) is 12.1. The number of hydrogen-bond donors (Lipinski definition) is 0. The maximum absolute atomic E-state index is 12.8. The highest BCUT2D eigenvalue weighted by Crippen LogP contribution is 2.37. The highest BCUT2D eigenvalue weighted by Gasteiger charge is 2.20. The number of nitro groups is 2. The Balaban J connectivity index is 0.000000263. The van der Waals surface area contributed by atoms with Gasteiger partial charge in [0.05, 0.1) is 27.6 Å². The summed E-state index contributed by atoms with van der Waals surface area (Å²) in [5.74, 6) is -1.12. The van der Waals surface area contributed by atoms with Gasteiger partial charge in [0.2, 0.25) is 11.6 Å². The number of hydrogen-bond acceptors (Lipinski definition) is 6. The van der Waals surface area contributed by atoms with Gasteiger partial charge < -0.3 is 9.47 Å². The van der Waals surface area contributed by atoms with Crippen LogP contribution in [-0.2, 0) is 0 Å². The summed E-state index contributed by atoms with van der Waals surface area (Å²) in [7, 11) is 2.90. The summed E-state index contributed by atoms with van der Waals surface area (Å²) in [4.78, 5) is 19.4. The molecule has 0 saturated carbocycles. The van der Waals surface area contributed by atoms with Crippen molar-refractivity contribution in [3.05, 3.63) is 63.3 Å². The van der Waals surface area contributed by atoms with Gasteiger partial charge in [-0.3, -0.25) is 20.2 Å². The molecule has 0 fully saturated rings. The third kappa shape index (κ3) is 5.09. The fourth-order valence-corrected chi connectivity index (χ4v) is 3.03. The van der Waals surface area contributed by atoms with E-state index >= 15 is 0 Å². The van der Waals surface area contributed by atoms with Crippen molar-refractivity contribution in [1.29, 1.82) is 0 Å². The van der Waals surface area contributed by atoms with E-state index in [0.717, 1.165) is 12.1 Å². The van der Waals surface area contributed by atoms with Crippen molar-refractivity contribution in [2.24, 2.45) is 0 Å². The van der Waals surface area contributed by atoms with E-state index in [1.165, 1.54) is 42.9 Å². The summed E-state index contributed by atoms with van der Waals surface area (Å²) >= 11 is 3.32. The number of methoxy groups -OCH3 is 2. The van der Waals surface area contributed by atoms with Gasteiger partial charge in [-0.25, -0.2) is 4.39 Å². The summed E-state index contributed by atoms with van der Waals surface area (Å²) in [5.41, 5.74) is -0.765. The van der Waals surface area contributed by atoms with Gasteiger partial charge in [-0.1, -0.05) is 0 Å². The molecule has 0 aliphatic carbocycles. The van der Waals surface area contributed by atoms with Gasteiger partial charge in [0.15, 0.2) is 0 Å². The highest BCUT2D eigenvalue weighted by molar-refractivity contribution is 14.1. The Kier molecular flexibility index (Phi) is 8.32. The molecule has 0 heterocycles. The van der Waals surface area contributed by atoms with E-state index in [1.54, 1.807) is 6.07 Å². The van der Waals surface area contributed by atoms with Crippen molar-refractivity contribution in [2.75, 3.05) is 14.2 Å². The van der Waals surface area contributed by atoms with Crippen LogP contribution in [0.4, 0.5) is 20.2 Å². The van der Waals surface area contributed by atoms with Crippen LogP contribution in [0, 0.1) is 39.0 Å². The van der Waals surface area contributed by atoms with Crippen molar-refractivity contribution < 1.29 is 28.1 Å². The third-order valence-electron chi connectivity index (χ3n) is 2.87. The maximum atomic E-state index is 12.8. The molecule has 0 N–H and O–H groups in total. The molecule has 140 valence electrons. The molecule has 0 aromatic heterocycles. The van der Waals surface area contributed by atoms with Crippen LogP contribution in [0.2, 0.25) is 0 Å². The Morgan fingerprint density at radius 3 is 1.88 bits per heavy atom. The largest absolute Gasteiger partial charge is 0.495 e. The van der Waals surface area contributed by atoms with E-state index in [2.05, 4.69) is 0 Å². The van der Waals surface area contributed by atoms with Gasteiger partial charge in [-0.15, -0.1) is 0 Å². The second-order valence-electron chi connectivity index (χ2n) is 4.34. The minimum absolute atomic E-state index is 0.0577. The van der Waals surface area contributed by atoms with Crippen LogP contribution in [0.5, 0.6) is 11.5 Å². The molecule has 0 radical (unpaired) electrons. The van der Waals surface area contributed by atoms with Crippen LogP contribution < -0.4 is 9.47 Å². The van der Waals surface area contributed by atoms with Crippen LogP contribution in [-0.4, -0.2) is 24.1 Å². The number of nitrogens with zero attached hydrogens (tertiary/aromatic N) is 2. The number of rotatable bonds is 4. The molecule has 26 heavy (non-hydrogen) atoms. The zero-order chi connectivity index (χ0) is 20.0. The molecule has 2 aromatic rings. The molecular formula is C14H10F2I2N2O6. The van der Waals surface area contributed by atoms with Crippen molar-refractivity contribution in [3.63, 3.8) is 0 Å². The predicted octanol–water partition coefficient (Wildman–Crippen LogP) is 4.69. The number of benzene rings is 2. The van der Waals surface area contributed by atoms with E-state index in [4.69, 9.17) is 9.47 Å². The molecule has 8 nitrogen and oxygen atoms in total. The van der Waals surface area contributed by atoms with Gasteiger partial charge in [-0.2, -0.15) is 4.39 Å². The molecule has 0 spiro atoms. The third-order valence-corrected chi connectivity index (χ3v) is 4.88. The first kappa shape index (κ1) is 22.2. The van der Waals surface area contributed by atoms with Gasteiger partial charge in [-0.05, 0) is 57.3 Å². The molecule has 0 aliphatic rings. The second kappa shape index (κ2) is 9.75. The number of ether oxygens (including phenoxy) is 2. The average molecular weight is 594 g/mol. The zero-order valence-corrected chi connectivity index (χ0v) is 17.5. The standard InChI is InChI=1S/C8H8INO4.C6H2F2INO2/c1-13-6-4-3-5(10(11)12)8(14-2)7(6)9;7-3-1-2-4(10(11)12)5(8)6(3)9/h3-4H,1-2H3;1-2H. The number of nitro benzene ring substituents is 2. The quantitative estimate of drug-likeness (QED) is 0.220. The monoisotopic (exact) mass is 594 g/mol. The Morgan fingerprint density at radius 1 is 0.885 bits per heavy atom. The minimum Gasteiger partial charge on any atom is -0.495 e. The van der Waals surface area contributed by atoms with Crippen LogP contribution in [0.25, 0.3) is 0 Å². The molecule has 0 atom stereocenters. The lowest BCUT2D eigenvalue weighted by Crippen LogP contribution is -1.97. The molecule has 0 aliphatic heterocycles. The second-order valence-corrected chi connectivity index (χ2v) is 6.50. The fraction of sp³-hybridized carbons (Fsp3) is 0.143. The zero-order valence-electron chi connectivity index (χ0n) is 13.2.